The molecule has 25 heavy (non-hydrogen) atoms. The zero-order valence-corrected chi connectivity index (χ0v) is 15.8. The van der Waals surface area contributed by atoms with Crippen LogP contribution in [0.3, 0.4) is 0 Å². The lowest BCUT2D eigenvalue weighted by Crippen LogP contribution is -2.38. The number of carbonyl (C=O) groups is 2. The summed E-state index contributed by atoms with van der Waals surface area (Å²) in [4.78, 5) is 25.4. The third kappa shape index (κ3) is 5.92. The number of benzene rings is 2. The molecule has 2 aromatic carbocycles. The number of carbonyl (C=O) groups excluding carboxylic acids is 2. The van der Waals surface area contributed by atoms with Gasteiger partial charge in [0.15, 0.2) is 0 Å². The minimum absolute atomic E-state index is 0.125. The van der Waals surface area contributed by atoms with E-state index in [0.717, 1.165) is 5.56 Å². The Morgan fingerprint density at radius 2 is 1.68 bits per heavy atom. The lowest BCUT2D eigenvalue weighted by molar-refractivity contribution is -0.121. The average Bonchev–Trinajstić information content (AvgIpc) is 2.56. The van der Waals surface area contributed by atoms with Gasteiger partial charge in [-0.25, -0.2) is 0 Å². The third-order valence-corrected chi connectivity index (χ3v) is 4.52. The fraction of sp³-hybridized carbons (Fsp3) is 0.222. The molecular formula is C18H17Cl3N2O2. The molecular weight excluding hydrogens is 383 g/mol. The fourth-order valence-electron chi connectivity index (χ4n) is 2.28. The number of nitrogens with zero attached hydrogens (tertiary/aromatic N) is 1. The summed E-state index contributed by atoms with van der Waals surface area (Å²) in [6.07, 6.45) is 0.254. The van der Waals surface area contributed by atoms with Gasteiger partial charge in [0.25, 0.3) is 0 Å². The monoisotopic (exact) mass is 398 g/mol. The van der Waals surface area contributed by atoms with Crippen molar-refractivity contribution in [1.82, 2.24) is 5.32 Å². The van der Waals surface area contributed by atoms with E-state index in [1.54, 1.807) is 42.5 Å². The lowest BCUT2D eigenvalue weighted by atomic mass is 10.1. The molecule has 0 fully saturated rings. The zero-order chi connectivity index (χ0) is 18.4. The Kier molecular flexibility index (Phi) is 7.12. The standard InChI is InChI=1S/C18H17Cl3N2O2/c1-12(24)23(15-6-7-16(20)17(21)11-15)9-8-22-18(25)10-13-2-4-14(19)5-3-13/h2-7,11H,8-10H2,1H3,(H,22,25). The van der Waals surface area contributed by atoms with Crippen molar-refractivity contribution in [2.24, 2.45) is 0 Å². The second kappa shape index (κ2) is 9.09. The van der Waals surface area contributed by atoms with Crippen LogP contribution in [0, 0.1) is 0 Å². The van der Waals surface area contributed by atoms with Crippen LogP contribution in [0.4, 0.5) is 5.69 Å². The van der Waals surface area contributed by atoms with Gasteiger partial charge in [-0.05, 0) is 35.9 Å². The summed E-state index contributed by atoms with van der Waals surface area (Å²) in [7, 11) is 0. The maximum absolute atomic E-state index is 12.0. The highest BCUT2D eigenvalue weighted by Gasteiger charge is 2.13. The predicted molar refractivity (Wildman–Crippen MR) is 103 cm³/mol. The topological polar surface area (TPSA) is 49.4 Å². The van der Waals surface area contributed by atoms with Crippen LogP contribution in [-0.2, 0) is 16.0 Å². The number of rotatable bonds is 6. The Labute approximate surface area is 161 Å². The lowest BCUT2D eigenvalue weighted by Gasteiger charge is -2.22. The van der Waals surface area contributed by atoms with Crippen LogP contribution < -0.4 is 10.2 Å². The van der Waals surface area contributed by atoms with Crippen molar-refractivity contribution in [3.8, 4) is 0 Å². The smallest absolute Gasteiger partial charge is 0.224 e. The molecule has 0 radical (unpaired) electrons. The maximum Gasteiger partial charge on any atom is 0.224 e. The Bertz CT molecular complexity index is 763. The molecule has 0 aliphatic heterocycles. The van der Waals surface area contributed by atoms with Crippen LogP contribution in [0.25, 0.3) is 0 Å². The normalized spacial score (nSPS) is 10.4. The quantitative estimate of drug-likeness (QED) is 0.784. The molecule has 0 aliphatic carbocycles. The van der Waals surface area contributed by atoms with Gasteiger partial charge < -0.3 is 10.2 Å². The van der Waals surface area contributed by atoms with Crippen LogP contribution in [0.2, 0.25) is 15.1 Å². The molecule has 2 amide bonds. The van der Waals surface area contributed by atoms with Crippen molar-refractivity contribution < 1.29 is 9.59 Å². The van der Waals surface area contributed by atoms with Crippen molar-refractivity contribution in [2.45, 2.75) is 13.3 Å². The molecule has 0 spiro atoms. The third-order valence-electron chi connectivity index (χ3n) is 3.53. The van der Waals surface area contributed by atoms with Gasteiger partial charge in [-0.3, -0.25) is 9.59 Å². The first kappa shape index (κ1) is 19.6. The van der Waals surface area contributed by atoms with Crippen molar-refractivity contribution in [1.29, 1.82) is 0 Å². The zero-order valence-electron chi connectivity index (χ0n) is 13.6. The Morgan fingerprint density at radius 3 is 2.28 bits per heavy atom. The summed E-state index contributed by atoms with van der Waals surface area (Å²) >= 11 is 17.7. The summed E-state index contributed by atoms with van der Waals surface area (Å²) in [5.74, 6) is -0.273. The van der Waals surface area contributed by atoms with E-state index in [9.17, 15) is 9.59 Å². The van der Waals surface area contributed by atoms with E-state index >= 15 is 0 Å². The van der Waals surface area contributed by atoms with E-state index in [0.29, 0.717) is 33.8 Å². The van der Waals surface area contributed by atoms with Crippen LogP contribution in [0.5, 0.6) is 0 Å². The minimum atomic E-state index is -0.148. The van der Waals surface area contributed by atoms with Gasteiger partial charge in [-0.1, -0.05) is 46.9 Å². The first-order valence-corrected chi connectivity index (χ1v) is 8.74. The molecule has 0 saturated heterocycles. The molecule has 0 aromatic heterocycles. The van der Waals surface area contributed by atoms with E-state index in [1.807, 2.05) is 0 Å². The number of hydrogen-bond donors (Lipinski definition) is 1. The second-order valence-electron chi connectivity index (χ2n) is 5.42. The van der Waals surface area contributed by atoms with Gasteiger partial charge in [-0.2, -0.15) is 0 Å². The Hall–Kier alpha value is -1.75. The van der Waals surface area contributed by atoms with E-state index in [1.165, 1.54) is 11.8 Å². The van der Waals surface area contributed by atoms with Gasteiger partial charge >= 0.3 is 0 Å². The number of amides is 2. The molecule has 0 bridgehead atoms. The van der Waals surface area contributed by atoms with E-state index in [-0.39, 0.29) is 18.2 Å². The average molecular weight is 400 g/mol. The van der Waals surface area contributed by atoms with Crippen LogP contribution >= 0.6 is 34.8 Å². The molecule has 2 aromatic rings. The van der Waals surface area contributed by atoms with Gasteiger partial charge in [0.05, 0.1) is 16.5 Å². The van der Waals surface area contributed by atoms with Gasteiger partial charge in [0.1, 0.15) is 0 Å². The summed E-state index contributed by atoms with van der Waals surface area (Å²) in [6.45, 7) is 2.12. The largest absolute Gasteiger partial charge is 0.354 e. The van der Waals surface area contributed by atoms with Crippen molar-refractivity contribution in [2.75, 3.05) is 18.0 Å². The minimum Gasteiger partial charge on any atom is -0.354 e. The second-order valence-corrected chi connectivity index (χ2v) is 6.67. The Morgan fingerprint density at radius 1 is 1.00 bits per heavy atom. The highest BCUT2D eigenvalue weighted by atomic mass is 35.5. The number of anilines is 1. The highest BCUT2D eigenvalue weighted by Crippen LogP contribution is 2.27. The number of nitrogens with one attached hydrogen (secondary N) is 1. The first-order chi connectivity index (χ1) is 11.9. The van der Waals surface area contributed by atoms with Crippen LogP contribution in [-0.4, -0.2) is 24.9 Å². The molecule has 0 heterocycles. The van der Waals surface area contributed by atoms with Crippen molar-refractivity contribution in [3.05, 3.63) is 63.1 Å². The molecule has 0 aliphatic rings. The summed E-state index contributed by atoms with van der Waals surface area (Å²) in [6, 6.07) is 12.1. The molecule has 1 N–H and O–H groups in total. The van der Waals surface area contributed by atoms with Gasteiger partial charge in [0, 0.05) is 30.7 Å². The SMILES string of the molecule is CC(=O)N(CCNC(=O)Cc1ccc(Cl)cc1)c1ccc(Cl)c(Cl)c1. The molecule has 2 rings (SSSR count). The molecule has 0 atom stereocenters. The highest BCUT2D eigenvalue weighted by molar-refractivity contribution is 6.42. The molecule has 132 valence electrons. The fourth-order valence-corrected chi connectivity index (χ4v) is 2.70. The molecule has 0 unspecified atom stereocenters. The van der Waals surface area contributed by atoms with Crippen LogP contribution in [0.1, 0.15) is 12.5 Å². The van der Waals surface area contributed by atoms with Gasteiger partial charge in [0.2, 0.25) is 11.8 Å². The first-order valence-electron chi connectivity index (χ1n) is 7.61. The number of hydrogen-bond acceptors (Lipinski definition) is 2. The van der Waals surface area contributed by atoms with Gasteiger partial charge in [-0.15, -0.1) is 0 Å². The summed E-state index contributed by atoms with van der Waals surface area (Å²) in [5.41, 5.74) is 1.50. The predicted octanol–water partition coefficient (Wildman–Crippen LogP) is 4.36. The van der Waals surface area contributed by atoms with Crippen molar-refractivity contribution in [3.63, 3.8) is 0 Å². The summed E-state index contributed by atoms with van der Waals surface area (Å²) in [5, 5.41) is 4.22. The Balaban J connectivity index is 1.90. The van der Waals surface area contributed by atoms with Crippen LogP contribution in [0.15, 0.2) is 42.5 Å². The molecule has 0 saturated carbocycles. The number of halogens is 3. The van der Waals surface area contributed by atoms with Crippen molar-refractivity contribution >= 4 is 52.3 Å². The molecule has 7 heteroatoms. The van der Waals surface area contributed by atoms with E-state index in [2.05, 4.69) is 5.32 Å². The van der Waals surface area contributed by atoms with E-state index < -0.39 is 0 Å². The maximum atomic E-state index is 12.0. The molecule has 4 nitrogen and oxygen atoms in total. The summed E-state index contributed by atoms with van der Waals surface area (Å²) < 4.78 is 0. The van der Waals surface area contributed by atoms with E-state index in [4.69, 9.17) is 34.8 Å².